The maximum Gasteiger partial charge on any atom is 0.339 e. The van der Waals surface area contributed by atoms with E-state index in [1.807, 2.05) is 19.1 Å². The van der Waals surface area contributed by atoms with E-state index in [4.69, 9.17) is 4.74 Å². The summed E-state index contributed by atoms with van der Waals surface area (Å²) in [5.74, 6) is -1.20. The third kappa shape index (κ3) is 4.68. The second kappa shape index (κ2) is 8.84. The monoisotopic (exact) mass is 388 g/mol. The maximum atomic E-state index is 12.7. The third-order valence-corrected chi connectivity index (χ3v) is 4.35. The van der Waals surface area contributed by atoms with E-state index >= 15 is 0 Å². The predicted molar refractivity (Wildman–Crippen MR) is 111 cm³/mol. The second-order valence-corrected chi connectivity index (χ2v) is 6.34. The summed E-state index contributed by atoms with van der Waals surface area (Å²) < 4.78 is 4.74. The lowest BCUT2D eigenvalue weighted by Crippen LogP contribution is -2.17. The lowest BCUT2D eigenvalue weighted by atomic mass is 10.1. The Kier molecular flexibility index (Phi) is 6.04. The van der Waals surface area contributed by atoms with Crippen molar-refractivity contribution in [3.05, 3.63) is 95.1 Å². The summed E-state index contributed by atoms with van der Waals surface area (Å²) in [6.45, 7) is 1.86. The molecule has 3 aromatic carbocycles. The van der Waals surface area contributed by atoms with E-state index in [-0.39, 0.29) is 11.5 Å². The van der Waals surface area contributed by atoms with Crippen molar-refractivity contribution >= 4 is 29.2 Å². The second-order valence-electron chi connectivity index (χ2n) is 6.34. The number of ether oxygens (including phenoxy) is 1. The minimum Gasteiger partial charge on any atom is -0.465 e. The number of aryl methyl sites for hydroxylation is 1. The van der Waals surface area contributed by atoms with Gasteiger partial charge < -0.3 is 15.4 Å². The number of rotatable bonds is 5. The van der Waals surface area contributed by atoms with Gasteiger partial charge in [0.25, 0.3) is 11.8 Å². The van der Waals surface area contributed by atoms with E-state index in [1.165, 1.54) is 7.11 Å². The molecule has 146 valence electrons. The van der Waals surface area contributed by atoms with Gasteiger partial charge in [-0.2, -0.15) is 0 Å². The van der Waals surface area contributed by atoms with Crippen molar-refractivity contribution in [2.45, 2.75) is 6.92 Å². The Morgan fingerprint density at radius 1 is 0.759 bits per heavy atom. The average Bonchev–Trinajstić information content (AvgIpc) is 2.74. The Labute approximate surface area is 168 Å². The molecule has 0 aromatic heterocycles. The molecule has 0 atom stereocenters. The van der Waals surface area contributed by atoms with Crippen LogP contribution in [0.1, 0.15) is 36.6 Å². The molecule has 6 heteroatoms. The van der Waals surface area contributed by atoms with Crippen LogP contribution in [0.4, 0.5) is 11.4 Å². The summed E-state index contributed by atoms with van der Waals surface area (Å²) in [6.07, 6.45) is 0. The molecule has 0 saturated carbocycles. The quantitative estimate of drug-likeness (QED) is 0.639. The number of benzene rings is 3. The Bertz CT molecular complexity index is 1080. The van der Waals surface area contributed by atoms with Crippen molar-refractivity contribution in [2.24, 2.45) is 0 Å². The zero-order chi connectivity index (χ0) is 20.8. The summed E-state index contributed by atoms with van der Waals surface area (Å²) in [5, 5.41) is 5.51. The van der Waals surface area contributed by atoms with Crippen LogP contribution in [0.25, 0.3) is 0 Å². The molecule has 0 saturated heterocycles. The van der Waals surface area contributed by atoms with Gasteiger partial charge in [-0.25, -0.2) is 4.79 Å². The molecular weight excluding hydrogens is 368 g/mol. The smallest absolute Gasteiger partial charge is 0.339 e. The van der Waals surface area contributed by atoms with Crippen LogP contribution in [0.2, 0.25) is 0 Å². The molecule has 0 unspecified atom stereocenters. The van der Waals surface area contributed by atoms with Crippen LogP contribution >= 0.6 is 0 Å². The van der Waals surface area contributed by atoms with Gasteiger partial charge in [0.1, 0.15) is 0 Å². The van der Waals surface area contributed by atoms with E-state index in [9.17, 15) is 14.4 Å². The number of amides is 2. The number of hydrogen-bond acceptors (Lipinski definition) is 4. The number of carbonyl (C=O) groups is 3. The van der Waals surface area contributed by atoms with Crippen molar-refractivity contribution in [3.8, 4) is 0 Å². The van der Waals surface area contributed by atoms with Crippen LogP contribution in [0.15, 0.2) is 72.8 Å². The van der Waals surface area contributed by atoms with Crippen LogP contribution < -0.4 is 10.6 Å². The highest BCUT2D eigenvalue weighted by molar-refractivity contribution is 6.09. The summed E-state index contributed by atoms with van der Waals surface area (Å²) in [6, 6.07) is 20.4. The summed E-state index contributed by atoms with van der Waals surface area (Å²) in [4.78, 5) is 37.0. The number of nitrogens with one attached hydrogen (secondary N) is 2. The minimum atomic E-state index is -0.542. The lowest BCUT2D eigenvalue weighted by molar-refractivity contribution is 0.0601. The first-order chi connectivity index (χ1) is 14.0. The summed E-state index contributed by atoms with van der Waals surface area (Å²) in [5.41, 5.74) is 2.86. The minimum absolute atomic E-state index is 0.253. The van der Waals surface area contributed by atoms with E-state index in [0.717, 1.165) is 5.56 Å². The first kappa shape index (κ1) is 19.8. The molecule has 0 bridgehead atoms. The van der Waals surface area contributed by atoms with Crippen molar-refractivity contribution in [2.75, 3.05) is 17.7 Å². The molecule has 3 aromatic rings. The molecule has 0 fully saturated rings. The molecule has 2 amide bonds. The van der Waals surface area contributed by atoms with Crippen LogP contribution in [0, 0.1) is 6.92 Å². The normalized spacial score (nSPS) is 10.1. The number of hydrogen-bond donors (Lipinski definition) is 2. The van der Waals surface area contributed by atoms with Gasteiger partial charge in [0.2, 0.25) is 0 Å². The van der Waals surface area contributed by atoms with Gasteiger partial charge in [0.15, 0.2) is 0 Å². The van der Waals surface area contributed by atoms with Crippen molar-refractivity contribution in [3.63, 3.8) is 0 Å². The topological polar surface area (TPSA) is 84.5 Å². The summed E-state index contributed by atoms with van der Waals surface area (Å²) in [7, 11) is 1.28. The Hall–Kier alpha value is -3.93. The first-order valence-electron chi connectivity index (χ1n) is 8.95. The molecule has 0 aliphatic heterocycles. The van der Waals surface area contributed by atoms with Gasteiger partial charge >= 0.3 is 5.97 Å². The lowest BCUT2D eigenvalue weighted by Gasteiger charge is -2.11. The molecule has 0 aliphatic rings. The number of methoxy groups -OCH3 is 1. The fourth-order valence-electron chi connectivity index (χ4n) is 2.84. The van der Waals surface area contributed by atoms with E-state index in [1.54, 1.807) is 60.7 Å². The Morgan fingerprint density at radius 2 is 1.45 bits per heavy atom. The molecule has 6 nitrogen and oxygen atoms in total. The Morgan fingerprint density at radius 3 is 2.17 bits per heavy atom. The number of anilines is 2. The van der Waals surface area contributed by atoms with Crippen LogP contribution in [0.3, 0.4) is 0 Å². The molecule has 3 rings (SSSR count). The molecule has 0 spiro atoms. The van der Waals surface area contributed by atoms with Gasteiger partial charge in [-0.15, -0.1) is 0 Å². The number of carbonyl (C=O) groups excluding carboxylic acids is 3. The molecular formula is C23H20N2O4. The molecule has 29 heavy (non-hydrogen) atoms. The van der Waals surface area contributed by atoms with Gasteiger partial charge in [0.05, 0.1) is 18.4 Å². The molecule has 0 radical (unpaired) electrons. The highest BCUT2D eigenvalue weighted by Crippen LogP contribution is 2.19. The van der Waals surface area contributed by atoms with Crippen molar-refractivity contribution in [1.29, 1.82) is 0 Å². The highest BCUT2D eigenvalue weighted by atomic mass is 16.5. The van der Waals surface area contributed by atoms with Crippen molar-refractivity contribution < 1.29 is 19.1 Å². The van der Waals surface area contributed by atoms with Crippen LogP contribution in [-0.2, 0) is 4.74 Å². The third-order valence-electron chi connectivity index (χ3n) is 4.35. The van der Waals surface area contributed by atoms with Crippen molar-refractivity contribution in [1.82, 2.24) is 0 Å². The fourth-order valence-corrected chi connectivity index (χ4v) is 2.84. The highest BCUT2D eigenvalue weighted by Gasteiger charge is 2.15. The largest absolute Gasteiger partial charge is 0.465 e. The van der Waals surface area contributed by atoms with Gasteiger partial charge in [-0.05, 0) is 48.9 Å². The van der Waals surface area contributed by atoms with Crippen LogP contribution in [0.5, 0.6) is 0 Å². The van der Waals surface area contributed by atoms with E-state index < -0.39 is 11.9 Å². The summed E-state index contributed by atoms with van der Waals surface area (Å²) >= 11 is 0. The van der Waals surface area contributed by atoms with Gasteiger partial charge in [-0.3, -0.25) is 9.59 Å². The zero-order valence-corrected chi connectivity index (χ0v) is 16.1. The number of esters is 1. The maximum absolute atomic E-state index is 12.7. The SMILES string of the molecule is COC(=O)c1ccccc1NC(=O)c1cccc(NC(=O)c2ccccc2C)c1. The van der Waals surface area contributed by atoms with Crippen LogP contribution in [-0.4, -0.2) is 24.9 Å². The zero-order valence-electron chi connectivity index (χ0n) is 16.1. The van der Waals surface area contributed by atoms with Gasteiger partial charge in [-0.1, -0.05) is 36.4 Å². The standard InChI is InChI=1S/C23H20N2O4/c1-15-8-3-4-11-18(15)22(27)24-17-10-7-9-16(14-17)21(26)25-20-13-6-5-12-19(20)23(28)29-2/h3-14H,1-2H3,(H,24,27)(H,25,26). The predicted octanol–water partition coefficient (Wildman–Crippen LogP) is 4.29. The van der Waals surface area contributed by atoms with E-state index in [0.29, 0.717) is 22.5 Å². The molecule has 0 heterocycles. The first-order valence-corrected chi connectivity index (χ1v) is 8.95. The molecule has 0 aliphatic carbocycles. The molecule has 2 N–H and O–H groups in total. The fraction of sp³-hybridized carbons (Fsp3) is 0.0870. The average molecular weight is 388 g/mol. The number of para-hydroxylation sites is 1. The van der Waals surface area contributed by atoms with E-state index in [2.05, 4.69) is 10.6 Å². The van der Waals surface area contributed by atoms with Gasteiger partial charge in [0, 0.05) is 16.8 Å². The Balaban J connectivity index is 1.78.